The molecule has 0 fully saturated rings. The lowest BCUT2D eigenvalue weighted by Crippen LogP contribution is -2.61. The Morgan fingerprint density at radius 1 is 1.05 bits per heavy atom. The zero-order valence-corrected chi connectivity index (χ0v) is 25.0. The molecule has 0 aliphatic rings. The third-order valence-electron chi connectivity index (χ3n) is 7.01. The summed E-state index contributed by atoms with van der Waals surface area (Å²) in [5.41, 5.74) is 1.55. The maximum Gasteiger partial charge on any atom is 0.333 e. The molecule has 0 spiro atoms. The van der Waals surface area contributed by atoms with Crippen LogP contribution in [0.1, 0.15) is 73.4 Å². The first kappa shape index (κ1) is 32.4. The highest BCUT2D eigenvalue weighted by molar-refractivity contribution is 5.92. The largest absolute Gasteiger partial charge is 0.463 e. The fourth-order valence-electron chi connectivity index (χ4n) is 4.82. The second kappa shape index (κ2) is 13.2. The van der Waals surface area contributed by atoms with Gasteiger partial charge in [-0.15, -0.1) is 0 Å². The number of amides is 2. The molecule has 0 saturated heterocycles. The van der Waals surface area contributed by atoms with Crippen LogP contribution in [0.5, 0.6) is 0 Å². The third kappa shape index (κ3) is 8.16. The molecule has 0 heterocycles. The maximum atomic E-state index is 13.9. The van der Waals surface area contributed by atoms with Gasteiger partial charge in [-0.2, -0.15) is 0 Å². The zero-order valence-electron chi connectivity index (χ0n) is 25.0. The molecule has 1 aromatic carbocycles. The van der Waals surface area contributed by atoms with Crippen molar-refractivity contribution in [1.29, 1.82) is 0 Å². The molecule has 3 atom stereocenters. The normalized spacial score (nSPS) is 15.1. The van der Waals surface area contributed by atoms with E-state index < -0.39 is 28.9 Å². The van der Waals surface area contributed by atoms with E-state index >= 15 is 0 Å². The highest BCUT2D eigenvalue weighted by Gasteiger charge is 2.42. The molecule has 0 aliphatic heterocycles. The number of nitrogens with zero attached hydrogens (tertiary/aromatic N) is 1. The highest BCUT2D eigenvalue weighted by atomic mass is 16.5. The number of carbonyl (C=O) groups is 3. The average Bonchev–Trinajstić information content (AvgIpc) is 2.79. The number of benzene rings is 1. The summed E-state index contributed by atoms with van der Waals surface area (Å²) < 4.78 is 5.12. The third-order valence-corrected chi connectivity index (χ3v) is 7.01. The van der Waals surface area contributed by atoms with E-state index in [-0.39, 0.29) is 30.4 Å². The molecule has 7 heteroatoms. The first-order chi connectivity index (χ1) is 17.0. The summed E-state index contributed by atoms with van der Waals surface area (Å²) in [5.74, 6) is -0.808. The van der Waals surface area contributed by atoms with Crippen molar-refractivity contribution in [3.05, 3.63) is 47.0 Å². The second-order valence-corrected chi connectivity index (χ2v) is 11.8. The quantitative estimate of drug-likeness (QED) is 0.337. The van der Waals surface area contributed by atoms with Crippen molar-refractivity contribution in [1.82, 2.24) is 15.5 Å². The lowest BCUT2D eigenvalue weighted by atomic mass is 9.75. The summed E-state index contributed by atoms with van der Waals surface area (Å²) in [4.78, 5) is 41.4. The summed E-state index contributed by atoms with van der Waals surface area (Å²) in [6.07, 6.45) is 1.78. The van der Waals surface area contributed by atoms with Crippen LogP contribution in [0.2, 0.25) is 0 Å². The molecule has 37 heavy (non-hydrogen) atoms. The zero-order chi connectivity index (χ0) is 28.7. The predicted octanol–water partition coefficient (Wildman–Crippen LogP) is 4.38. The Kier molecular flexibility index (Phi) is 11.6. The average molecular weight is 516 g/mol. The summed E-state index contributed by atoms with van der Waals surface area (Å²) in [5, 5.41) is 6.26. The highest BCUT2D eigenvalue weighted by Crippen LogP contribution is 2.31. The van der Waals surface area contributed by atoms with E-state index in [1.54, 1.807) is 38.9 Å². The van der Waals surface area contributed by atoms with Crippen LogP contribution in [0, 0.1) is 18.3 Å². The number of aryl methyl sites for hydroxylation is 1. The van der Waals surface area contributed by atoms with Crippen molar-refractivity contribution >= 4 is 17.8 Å². The van der Waals surface area contributed by atoms with Gasteiger partial charge in [-0.3, -0.25) is 9.59 Å². The Hall–Kier alpha value is -2.67. The van der Waals surface area contributed by atoms with E-state index in [1.807, 2.05) is 79.7 Å². The SMILES string of the molecule is CCOC(=O)C(C)=C[C@H](C(C)C)N(C)C(=O)[C@@H](NC(=O)[C@@H](NC)C(C)(C)c1ccccc1C)C(C)(C)C. The van der Waals surface area contributed by atoms with Crippen molar-refractivity contribution in [3.8, 4) is 0 Å². The van der Waals surface area contributed by atoms with Crippen LogP contribution in [-0.2, 0) is 24.5 Å². The minimum absolute atomic E-state index is 0.0414. The minimum Gasteiger partial charge on any atom is -0.463 e. The Morgan fingerprint density at radius 3 is 2.08 bits per heavy atom. The number of rotatable bonds is 11. The monoisotopic (exact) mass is 515 g/mol. The number of hydrogen-bond donors (Lipinski definition) is 2. The van der Waals surface area contributed by atoms with E-state index in [1.165, 1.54) is 0 Å². The molecule has 0 bridgehead atoms. The van der Waals surface area contributed by atoms with Crippen molar-refractivity contribution in [3.63, 3.8) is 0 Å². The number of likely N-dealkylation sites (N-methyl/N-ethyl adjacent to an activating group) is 2. The Labute approximate surface area is 224 Å². The second-order valence-electron chi connectivity index (χ2n) is 11.8. The molecule has 2 N–H and O–H groups in total. The van der Waals surface area contributed by atoms with Crippen molar-refractivity contribution in [2.24, 2.45) is 11.3 Å². The Balaban J connectivity index is 3.33. The molecule has 1 aromatic rings. The predicted molar refractivity (Wildman–Crippen MR) is 150 cm³/mol. The molecule has 0 radical (unpaired) electrons. The van der Waals surface area contributed by atoms with E-state index in [9.17, 15) is 14.4 Å². The molecule has 0 saturated carbocycles. The first-order valence-corrected chi connectivity index (χ1v) is 13.2. The van der Waals surface area contributed by atoms with Crippen LogP contribution >= 0.6 is 0 Å². The van der Waals surface area contributed by atoms with E-state index in [0.29, 0.717) is 5.57 Å². The van der Waals surface area contributed by atoms with Crippen LogP contribution in [0.25, 0.3) is 0 Å². The molecule has 0 aromatic heterocycles. The standard InChI is InChI=1S/C30H49N3O4/c1-13-37-28(36)21(5)18-23(19(2)3)33(12)27(35)25(29(6,7)8)32-26(34)24(31-11)30(9,10)22-17-15-14-16-20(22)4/h14-19,23-25,31H,13H2,1-12H3,(H,32,34)/t23-,24-,25-/m1/s1. The summed E-state index contributed by atoms with van der Waals surface area (Å²) in [6.45, 7) is 19.7. The number of hydrogen-bond acceptors (Lipinski definition) is 5. The van der Waals surface area contributed by atoms with Gasteiger partial charge < -0.3 is 20.3 Å². The Morgan fingerprint density at radius 2 is 1.62 bits per heavy atom. The lowest BCUT2D eigenvalue weighted by molar-refractivity contribution is -0.141. The van der Waals surface area contributed by atoms with Crippen LogP contribution in [-0.4, -0.2) is 61.5 Å². The van der Waals surface area contributed by atoms with Gasteiger partial charge >= 0.3 is 5.97 Å². The van der Waals surface area contributed by atoms with Gasteiger partial charge in [0.25, 0.3) is 0 Å². The molecular formula is C30H49N3O4. The summed E-state index contributed by atoms with van der Waals surface area (Å²) in [7, 11) is 3.49. The van der Waals surface area contributed by atoms with E-state index in [4.69, 9.17) is 4.74 Å². The molecular weight excluding hydrogens is 466 g/mol. The van der Waals surface area contributed by atoms with Crippen LogP contribution in [0.4, 0.5) is 0 Å². The number of carbonyl (C=O) groups excluding carboxylic acids is 3. The topological polar surface area (TPSA) is 87.7 Å². The Bertz CT molecular complexity index is 975. The van der Waals surface area contributed by atoms with Crippen molar-refractivity contribution in [2.45, 2.75) is 92.8 Å². The van der Waals surface area contributed by atoms with Gasteiger partial charge in [0.15, 0.2) is 0 Å². The van der Waals surface area contributed by atoms with Crippen LogP contribution < -0.4 is 10.6 Å². The molecule has 2 amide bonds. The van der Waals surface area contributed by atoms with E-state index in [0.717, 1.165) is 11.1 Å². The van der Waals surface area contributed by atoms with Crippen LogP contribution in [0.15, 0.2) is 35.9 Å². The van der Waals surface area contributed by atoms with Crippen LogP contribution in [0.3, 0.4) is 0 Å². The number of ether oxygens (including phenoxy) is 1. The fourth-order valence-corrected chi connectivity index (χ4v) is 4.82. The van der Waals surface area contributed by atoms with Gasteiger partial charge in [0.2, 0.25) is 11.8 Å². The fraction of sp³-hybridized carbons (Fsp3) is 0.633. The van der Waals surface area contributed by atoms with Crippen molar-refractivity contribution < 1.29 is 19.1 Å². The number of esters is 1. The van der Waals surface area contributed by atoms with Gasteiger partial charge in [0, 0.05) is 18.0 Å². The summed E-state index contributed by atoms with van der Waals surface area (Å²) >= 11 is 0. The summed E-state index contributed by atoms with van der Waals surface area (Å²) in [6, 6.07) is 6.35. The van der Waals surface area contributed by atoms with Gasteiger partial charge in [-0.25, -0.2) is 4.79 Å². The molecule has 1 rings (SSSR count). The smallest absolute Gasteiger partial charge is 0.333 e. The first-order valence-electron chi connectivity index (χ1n) is 13.2. The number of nitrogens with one attached hydrogen (secondary N) is 2. The maximum absolute atomic E-state index is 13.9. The lowest BCUT2D eigenvalue weighted by Gasteiger charge is -2.40. The molecule has 0 unspecified atom stereocenters. The molecule has 208 valence electrons. The van der Waals surface area contributed by atoms with Gasteiger partial charge in [0.05, 0.1) is 18.7 Å². The van der Waals surface area contributed by atoms with Gasteiger partial charge in [0.1, 0.15) is 6.04 Å². The molecule has 0 aliphatic carbocycles. The molecule has 7 nitrogen and oxygen atoms in total. The van der Waals surface area contributed by atoms with Gasteiger partial charge in [-0.1, -0.05) is 78.8 Å². The van der Waals surface area contributed by atoms with Gasteiger partial charge in [-0.05, 0) is 50.3 Å². The minimum atomic E-state index is -0.772. The van der Waals surface area contributed by atoms with Crippen molar-refractivity contribution in [2.75, 3.05) is 20.7 Å². The van der Waals surface area contributed by atoms with E-state index in [2.05, 4.69) is 10.6 Å².